The summed E-state index contributed by atoms with van der Waals surface area (Å²) in [5, 5.41) is 3.34. The van der Waals surface area contributed by atoms with Gasteiger partial charge in [-0.1, -0.05) is 6.07 Å². The van der Waals surface area contributed by atoms with Gasteiger partial charge >= 0.3 is 0 Å². The van der Waals surface area contributed by atoms with Crippen LogP contribution in [0.25, 0.3) is 0 Å². The van der Waals surface area contributed by atoms with Gasteiger partial charge in [0, 0.05) is 30.5 Å². The molecule has 4 heteroatoms. The van der Waals surface area contributed by atoms with E-state index in [9.17, 15) is 4.79 Å². The number of pyridine rings is 1. The van der Waals surface area contributed by atoms with Crippen LogP contribution in [0.4, 0.5) is 0 Å². The maximum atomic E-state index is 12.1. The number of carbonyl (C=O) groups is 1. The maximum Gasteiger partial charge on any atom is 0.228 e. The Morgan fingerprint density at radius 1 is 1.44 bits per heavy atom. The average molecular weight is 247 g/mol. The second-order valence-electron chi connectivity index (χ2n) is 5.19. The molecule has 0 aromatic carbocycles. The Hall–Kier alpha value is -1.42. The van der Waals surface area contributed by atoms with Crippen LogP contribution in [0.15, 0.2) is 24.4 Å². The van der Waals surface area contributed by atoms with Crippen molar-refractivity contribution in [3.8, 4) is 0 Å². The van der Waals surface area contributed by atoms with Gasteiger partial charge in [-0.15, -0.1) is 0 Å². The lowest BCUT2D eigenvalue weighted by molar-refractivity contribution is -0.132. The van der Waals surface area contributed by atoms with E-state index in [1.54, 1.807) is 6.20 Å². The first kappa shape index (κ1) is 13.0. The number of likely N-dealkylation sites (tertiary alicyclic amines) is 1. The molecule has 2 rings (SSSR count). The molecule has 0 bridgehead atoms. The fourth-order valence-electron chi connectivity index (χ4n) is 2.27. The Labute approximate surface area is 108 Å². The second kappa shape index (κ2) is 5.48. The summed E-state index contributed by atoms with van der Waals surface area (Å²) in [6.45, 7) is 3.89. The van der Waals surface area contributed by atoms with Crippen molar-refractivity contribution in [1.29, 1.82) is 0 Å². The van der Waals surface area contributed by atoms with Gasteiger partial charge in [0.1, 0.15) is 0 Å². The summed E-state index contributed by atoms with van der Waals surface area (Å²) < 4.78 is 0. The van der Waals surface area contributed by atoms with Crippen LogP contribution in [0, 0.1) is 0 Å². The predicted molar refractivity (Wildman–Crippen MR) is 71.2 cm³/mol. The molecule has 98 valence electrons. The first-order valence-electron chi connectivity index (χ1n) is 6.49. The van der Waals surface area contributed by atoms with E-state index in [-0.39, 0.29) is 11.4 Å². The molecule has 0 spiro atoms. The third-order valence-electron chi connectivity index (χ3n) is 3.88. The summed E-state index contributed by atoms with van der Waals surface area (Å²) in [6.07, 6.45) is 4.17. The van der Waals surface area contributed by atoms with Gasteiger partial charge in [0.25, 0.3) is 0 Å². The van der Waals surface area contributed by atoms with Gasteiger partial charge in [0.05, 0.1) is 6.42 Å². The number of hydrogen-bond donors (Lipinski definition) is 1. The van der Waals surface area contributed by atoms with E-state index in [4.69, 9.17) is 0 Å². The van der Waals surface area contributed by atoms with Crippen molar-refractivity contribution in [3.05, 3.63) is 30.1 Å². The highest BCUT2D eigenvalue weighted by atomic mass is 16.2. The van der Waals surface area contributed by atoms with Crippen molar-refractivity contribution in [1.82, 2.24) is 15.2 Å². The van der Waals surface area contributed by atoms with Gasteiger partial charge in [0.2, 0.25) is 5.91 Å². The zero-order chi connectivity index (χ0) is 13.0. The minimum absolute atomic E-state index is 0.182. The minimum atomic E-state index is 0.182. The number of nitrogens with zero attached hydrogens (tertiary/aromatic N) is 2. The van der Waals surface area contributed by atoms with Gasteiger partial charge in [-0.3, -0.25) is 9.78 Å². The normalized spacial score (nSPS) is 18.7. The maximum absolute atomic E-state index is 12.1. The summed E-state index contributed by atoms with van der Waals surface area (Å²) >= 11 is 0. The summed E-state index contributed by atoms with van der Waals surface area (Å²) in [5.41, 5.74) is 1.03. The molecule has 1 aliphatic heterocycles. The summed E-state index contributed by atoms with van der Waals surface area (Å²) in [5.74, 6) is 0.187. The molecule has 0 saturated carbocycles. The topological polar surface area (TPSA) is 45.2 Å². The van der Waals surface area contributed by atoms with E-state index in [1.807, 2.05) is 30.1 Å². The summed E-state index contributed by atoms with van der Waals surface area (Å²) in [7, 11) is 1.99. The number of amides is 1. The van der Waals surface area contributed by atoms with E-state index in [0.717, 1.165) is 31.6 Å². The molecule has 0 radical (unpaired) electrons. The third kappa shape index (κ3) is 3.07. The van der Waals surface area contributed by atoms with Crippen molar-refractivity contribution in [2.75, 3.05) is 20.1 Å². The fraction of sp³-hybridized carbons (Fsp3) is 0.571. The number of rotatable bonds is 3. The third-order valence-corrected chi connectivity index (χ3v) is 3.88. The van der Waals surface area contributed by atoms with Crippen molar-refractivity contribution in [3.63, 3.8) is 0 Å². The van der Waals surface area contributed by atoms with Crippen LogP contribution in [0.1, 0.15) is 25.5 Å². The highest BCUT2D eigenvalue weighted by Crippen LogP contribution is 2.21. The highest BCUT2D eigenvalue weighted by Gasteiger charge is 2.30. The molecule has 1 N–H and O–H groups in total. The molecule has 1 aromatic heterocycles. The monoisotopic (exact) mass is 247 g/mol. The minimum Gasteiger partial charge on any atom is -0.342 e. The molecule has 1 saturated heterocycles. The highest BCUT2D eigenvalue weighted by molar-refractivity contribution is 5.78. The van der Waals surface area contributed by atoms with Gasteiger partial charge in [-0.05, 0) is 38.9 Å². The summed E-state index contributed by atoms with van der Waals surface area (Å²) in [4.78, 5) is 18.3. The van der Waals surface area contributed by atoms with Crippen LogP contribution in [0.3, 0.4) is 0 Å². The molecule has 1 aromatic rings. The largest absolute Gasteiger partial charge is 0.342 e. The zero-order valence-electron chi connectivity index (χ0n) is 11.1. The Kier molecular flexibility index (Phi) is 3.97. The number of piperidine rings is 1. The van der Waals surface area contributed by atoms with Crippen molar-refractivity contribution >= 4 is 5.91 Å². The number of carbonyl (C=O) groups excluding carboxylic acids is 1. The summed E-state index contributed by atoms with van der Waals surface area (Å²) in [6, 6.07) is 5.69. The predicted octanol–water partition coefficient (Wildman–Crippen LogP) is 1.22. The second-order valence-corrected chi connectivity index (χ2v) is 5.19. The Morgan fingerprint density at radius 3 is 2.72 bits per heavy atom. The van der Waals surface area contributed by atoms with Gasteiger partial charge in [-0.25, -0.2) is 0 Å². The zero-order valence-corrected chi connectivity index (χ0v) is 11.1. The SMILES string of the molecule is CNC1(C)CCN(C(=O)Cc2ccccn2)CC1. The van der Waals surface area contributed by atoms with Crippen molar-refractivity contribution in [2.24, 2.45) is 0 Å². The van der Waals surface area contributed by atoms with Crippen LogP contribution in [0.5, 0.6) is 0 Å². The standard InChI is InChI=1S/C14H21N3O/c1-14(15-2)6-9-17(10-7-14)13(18)11-12-5-3-4-8-16-12/h3-5,8,15H,6-7,9-11H2,1-2H3. The van der Waals surface area contributed by atoms with Crippen LogP contribution in [0.2, 0.25) is 0 Å². The molecule has 1 aliphatic rings. The molecular formula is C14H21N3O. The van der Waals surface area contributed by atoms with Gasteiger partial charge < -0.3 is 10.2 Å². The van der Waals surface area contributed by atoms with E-state index < -0.39 is 0 Å². The lowest BCUT2D eigenvalue weighted by atomic mass is 9.90. The van der Waals surface area contributed by atoms with E-state index in [0.29, 0.717) is 6.42 Å². The first-order chi connectivity index (χ1) is 8.63. The lowest BCUT2D eigenvalue weighted by Gasteiger charge is -2.39. The van der Waals surface area contributed by atoms with Crippen LogP contribution in [-0.4, -0.2) is 41.5 Å². The molecule has 4 nitrogen and oxygen atoms in total. The Balaban J connectivity index is 1.88. The molecule has 1 fully saturated rings. The fourth-order valence-corrected chi connectivity index (χ4v) is 2.27. The molecule has 2 heterocycles. The van der Waals surface area contributed by atoms with Crippen molar-refractivity contribution in [2.45, 2.75) is 31.7 Å². The van der Waals surface area contributed by atoms with Crippen LogP contribution < -0.4 is 5.32 Å². The number of aromatic nitrogens is 1. The Morgan fingerprint density at radius 2 is 2.17 bits per heavy atom. The van der Waals surface area contributed by atoms with Gasteiger partial charge in [0.15, 0.2) is 0 Å². The van der Waals surface area contributed by atoms with Gasteiger partial charge in [-0.2, -0.15) is 0 Å². The van der Waals surface area contributed by atoms with E-state index >= 15 is 0 Å². The van der Waals surface area contributed by atoms with Crippen LogP contribution >= 0.6 is 0 Å². The smallest absolute Gasteiger partial charge is 0.228 e. The first-order valence-corrected chi connectivity index (χ1v) is 6.49. The number of nitrogens with one attached hydrogen (secondary N) is 1. The molecule has 0 atom stereocenters. The quantitative estimate of drug-likeness (QED) is 0.873. The molecule has 1 amide bonds. The average Bonchev–Trinajstić information content (AvgIpc) is 2.40. The lowest BCUT2D eigenvalue weighted by Crippen LogP contribution is -2.51. The molecular weight excluding hydrogens is 226 g/mol. The van der Waals surface area contributed by atoms with Crippen molar-refractivity contribution < 1.29 is 4.79 Å². The van der Waals surface area contributed by atoms with E-state index in [1.165, 1.54) is 0 Å². The molecule has 0 aliphatic carbocycles. The molecule has 0 unspecified atom stereocenters. The Bertz CT molecular complexity index is 397. The molecule has 18 heavy (non-hydrogen) atoms. The number of hydrogen-bond acceptors (Lipinski definition) is 3. The van der Waals surface area contributed by atoms with Crippen LogP contribution in [-0.2, 0) is 11.2 Å². The van der Waals surface area contributed by atoms with E-state index in [2.05, 4.69) is 17.2 Å².